The minimum absolute atomic E-state index is 0.0365. The summed E-state index contributed by atoms with van der Waals surface area (Å²) in [5.74, 6) is 0.651. The van der Waals surface area contributed by atoms with Crippen LogP contribution in [0.15, 0.2) is 46.0 Å². The van der Waals surface area contributed by atoms with Crippen molar-refractivity contribution in [2.24, 2.45) is 5.10 Å². The fourth-order valence-corrected chi connectivity index (χ4v) is 3.02. The number of fused-ring (bicyclic) bond motifs is 3. The first-order chi connectivity index (χ1) is 12.7. The third kappa shape index (κ3) is 2.93. The Balaban J connectivity index is 1.58. The molecule has 0 aliphatic heterocycles. The molecule has 4 rings (SSSR count). The molecule has 0 bridgehead atoms. The SMILES string of the molecule is COc1cc(/C=N/Nc2nnc3c(n2)[nH]c2ccccc23)cc(Br)c1O. The molecule has 0 fully saturated rings. The first kappa shape index (κ1) is 16.3. The standard InChI is InChI=1S/C17H13BrN6O2/c1-26-13-7-9(6-11(18)15(13)25)8-19-23-17-21-16-14(22-24-17)10-4-2-3-5-12(10)20-16/h2-8,25H,1H3,(H2,20,21,23,24)/b19-8+. The predicted octanol–water partition coefficient (Wildman–Crippen LogP) is 3.43. The third-order valence-corrected chi connectivity index (χ3v) is 4.38. The molecule has 0 aliphatic rings. The lowest BCUT2D eigenvalue weighted by atomic mass is 10.2. The van der Waals surface area contributed by atoms with Gasteiger partial charge in [0.2, 0.25) is 0 Å². The number of phenolic OH excluding ortho intramolecular Hbond substituents is 1. The van der Waals surface area contributed by atoms with E-state index in [1.165, 1.54) is 7.11 Å². The summed E-state index contributed by atoms with van der Waals surface area (Å²) < 4.78 is 5.62. The summed E-state index contributed by atoms with van der Waals surface area (Å²) in [6, 6.07) is 11.2. The fraction of sp³-hybridized carbons (Fsp3) is 0.0588. The molecule has 2 aromatic heterocycles. The lowest BCUT2D eigenvalue weighted by molar-refractivity contribution is 0.372. The van der Waals surface area contributed by atoms with E-state index in [1.807, 2.05) is 24.3 Å². The minimum Gasteiger partial charge on any atom is -0.503 e. The summed E-state index contributed by atoms with van der Waals surface area (Å²) in [5, 5.41) is 23.2. The molecular formula is C17H13BrN6O2. The molecule has 3 N–H and O–H groups in total. The lowest BCUT2D eigenvalue weighted by Gasteiger charge is -2.06. The van der Waals surface area contributed by atoms with Crippen molar-refractivity contribution < 1.29 is 9.84 Å². The van der Waals surface area contributed by atoms with Gasteiger partial charge in [-0.2, -0.15) is 10.1 Å². The second kappa shape index (κ2) is 6.60. The van der Waals surface area contributed by atoms with E-state index in [9.17, 15) is 5.11 Å². The van der Waals surface area contributed by atoms with Crippen LogP contribution in [-0.4, -0.2) is 38.6 Å². The van der Waals surface area contributed by atoms with Gasteiger partial charge in [-0.1, -0.05) is 18.2 Å². The Kier molecular flexibility index (Phi) is 4.13. The van der Waals surface area contributed by atoms with Gasteiger partial charge in [-0.25, -0.2) is 5.43 Å². The van der Waals surface area contributed by atoms with Crippen LogP contribution in [0.2, 0.25) is 0 Å². The highest BCUT2D eigenvalue weighted by atomic mass is 79.9. The van der Waals surface area contributed by atoms with Crippen molar-refractivity contribution >= 4 is 50.2 Å². The number of rotatable bonds is 4. The average Bonchev–Trinajstić information content (AvgIpc) is 3.02. The second-order valence-electron chi connectivity index (χ2n) is 5.43. The fourth-order valence-electron chi connectivity index (χ4n) is 2.56. The van der Waals surface area contributed by atoms with E-state index >= 15 is 0 Å². The van der Waals surface area contributed by atoms with Gasteiger partial charge in [-0.05, 0) is 39.7 Å². The van der Waals surface area contributed by atoms with Crippen LogP contribution in [0.25, 0.3) is 22.1 Å². The molecule has 0 unspecified atom stereocenters. The van der Waals surface area contributed by atoms with E-state index < -0.39 is 0 Å². The Labute approximate surface area is 156 Å². The van der Waals surface area contributed by atoms with Crippen LogP contribution in [0, 0.1) is 0 Å². The number of ether oxygens (including phenoxy) is 1. The topological polar surface area (TPSA) is 108 Å². The quantitative estimate of drug-likeness (QED) is 0.350. The highest BCUT2D eigenvalue weighted by Gasteiger charge is 2.09. The van der Waals surface area contributed by atoms with Crippen LogP contribution in [0.3, 0.4) is 0 Å². The largest absolute Gasteiger partial charge is 0.503 e. The van der Waals surface area contributed by atoms with Gasteiger partial charge >= 0.3 is 0 Å². The Bertz CT molecular complexity index is 1140. The van der Waals surface area contributed by atoms with Crippen molar-refractivity contribution in [3.8, 4) is 11.5 Å². The zero-order chi connectivity index (χ0) is 18.1. The molecule has 26 heavy (non-hydrogen) atoms. The molecule has 2 heterocycles. The van der Waals surface area contributed by atoms with Crippen molar-refractivity contribution in [2.75, 3.05) is 12.5 Å². The molecular weight excluding hydrogens is 400 g/mol. The summed E-state index contributed by atoms with van der Waals surface area (Å²) in [5.41, 5.74) is 5.76. The number of aromatic amines is 1. The minimum atomic E-state index is 0.0365. The summed E-state index contributed by atoms with van der Waals surface area (Å²) in [4.78, 5) is 7.58. The van der Waals surface area contributed by atoms with Crippen LogP contribution in [-0.2, 0) is 0 Å². The van der Waals surface area contributed by atoms with Gasteiger partial charge in [0.15, 0.2) is 17.1 Å². The number of para-hydroxylation sites is 1. The summed E-state index contributed by atoms with van der Waals surface area (Å²) in [7, 11) is 1.48. The van der Waals surface area contributed by atoms with Gasteiger partial charge in [0.25, 0.3) is 5.95 Å². The first-order valence-corrected chi connectivity index (χ1v) is 8.41. The number of benzene rings is 2. The number of hydrogen-bond donors (Lipinski definition) is 3. The number of aromatic nitrogens is 4. The van der Waals surface area contributed by atoms with Crippen LogP contribution >= 0.6 is 15.9 Å². The lowest BCUT2D eigenvalue weighted by Crippen LogP contribution is -1.99. The maximum Gasteiger partial charge on any atom is 0.265 e. The van der Waals surface area contributed by atoms with Crippen molar-refractivity contribution in [1.82, 2.24) is 20.2 Å². The average molecular weight is 413 g/mol. The van der Waals surface area contributed by atoms with Crippen molar-refractivity contribution in [3.05, 3.63) is 46.4 Å². The zero-order valence-corrected chi connectivity index (χ0v) is 15.1. The van der Waals surface area contributed by atoms with Gasteiger partial charge in [0, 0.05) is 10.9 Å². The van der Waals surface area contributed by atoms with Gasteiger partial charge in [-0.15, -0.1) is 10.2 Å². The monoisotopic (exact) mass is 412 g/mol. The molecule has 0 atom stereocenters. The van der Waals surface area contributed by atoms with E-state index in [2.05, 4.69) is 46.6 Å². The molecule has 0 saturated carbocycles. The van der Waals surface area contributed by atoms with E-state index in [4.69, 9.17) is 4.74 Å². The van der Waals surface area contributed by atoms with Gasteiger partial charge in [0.05, 0.1) is 17.8 Å². The third-order valence-electron chi connectivity index (χ3n) is 3.77. The molecule has 130 valence electrons. The molecule has 9 heteroatoms. The Morgan fingerprint density at radius 1 is 1.27 bits per heavy atom. The van der Waals surface area contributed by atoms with Crippen molar-refractivity contribution in [3.63, 3.8) is 0 Å². The number of nitrogens with one attached hydrogen (secondary N) is 2. The van der Waals surface area contributed by atoms with Crippen molar-refractivity contribution in [1.29, 1.82) is 0 Å². The molecule has 0 saturated heterocycles. The second-order valence-corrected chi connectivity index (χ2v) is 6.28. The molecule has 8 nitrogen and oxygen atoms in total. The Morgan fingerprint density at radius 2 is 2.12 bits per heavy atom. The molecule has 0 aliphatic carbocycles. The summed E-state index contributed by atoms with van der Waals surface area (Å²) in [6.07, 6.45) is 1.56. The highest BCUT2D eigenvalue weighted by molar-refractivity contribution is 9.10. The molecule has 0 amide bonds. The predicted molar refractivity (Wildman–Crippen MR) is 103 cm³/mol. The van der Waals surface area contributed by atoms with Crippen molar-refractivity contribution in [2.45, 2.75) is 0 Å². The smallest absolute Gasteiger partial charge is 0.265 e. The maximum atomic E-state index is 9.82. The van der Waals surface area contributed by atoms with Crippen LogP contribution in [0.4, 0.5) is 5.95 Å². The summed E-state index contributed by atoms with van der Waals surface area (Å²) >= 11 is 3.27. The van der Waals surface area contributed by atoms with Crippen LogP contribution in [0.5, 0.6) is 11.5 Å². The summed E-state index contributed by atoms with van der Waals surface area (Å²) in [6.45, 7) is 0. The number of nitrogens with zero attached hydrogens (tertiary/aromatic N) is 4. The zero-order valence-electron chi connectivity index (χ0n) is 13.6. The number of hydrazone groups is 1. The molecule has 0 radical (unpaired) electrons. The molecule has 0 spiro atoms. The number of anilines is 1. The maximum absolute atomic E-state index is 9.82. The van der Waals surface area contributed by atoms with Crippen LogP contribution in [0.1, 0.15) is 5.56 Å². The highest BCUT2D eigenvalue weighted by Crippen LogP contribution is 2.34. The normalized spacial score (nSPS) is 11.5. The first-order valence-electron chi connectivity index (χ1n) is 7.62. The molecule has 2 aromatic carbocycles. The Hall–Kier alpha value is -3.20. The number of methoxy groups -OCH3 is 1. The van der Waals surface area contributed by atoms with Gasteiger partial charge in [-0.3, -0.25) is 0 Å². The van der Waals surface area contributed by atoms with E-state index in [-0.39, 0.29) is 11.7 Å². The van der Waals surface area contributed by atoms with Gasteiger partial charge < -0.3 is 14.8 Å². The number of aromatic hydroxyl groups is 1. The van der Waals surface area contributed by atoms with Crippen LogP contribution < -0.4 is 10.2 Å². The van der Waals surface area contributed by atoms with Gasteiger partial charge in [0.1, 0.15) is 5.52 Å². The number of halogens is 1. The van der Waals surface area contributed by atoms with E-state index in [1.54, 1.807) is 18.3 Å². The Morgan fingerprint density at radius 3 is 2.96 bits per heavy atom. The van der Waals surface area contributed by atoms with E-state index in [0.29, 0.717) is 21.4 Å². The van der Waals surface area contributed by atoms with E-state index in [0.717, 1.165) is 16.5 Å². The number of hydrogen-bond acceptors (Lipinski definition) is 7. The number of phenols is 1. The molecule has 4 aromatic rings. The number of H-pyrrole nitrogens is 1.